The highest BCUT2D eigenvalue weighted by atomic mass is 16.5. The Morgan fingerprint density at radius 2 is 1.88 bits per heavy atom. The Labute approximate surface area is 156 Å². The highest BCUT2D eigenvalue weighted by Gasteiger charge is 2.24. The molecule has 1 aliphatic heterocycles. The zero-order valence-corrected chi connectivity index (χ0v) is 15.9. The Kier molecular flexibility index (Phi) is 6.92. The Morgan fingerprint density at radius 3 is 2.50 bits per heavy atom. The van der Waals surface area contributed by atoms with Gasteiger partial charge in [0.2, 0.25) is 0 Å². The summed E-state index contributed by atoms with van der Waals surface area (Å²) in [7, 11) is 0. The molecule has 26 heavy (non-hydrogen) atoms. The Balaban J connectivity index is 1.41. The summed E-state index contributed by atoms with van der Waals surface area (Å²) in [6.45, 7) is 5.55. The predicted octanol–water partition coefficient (Wildman–Crippen LogP) is 3.71. The van der Waals surface area contributed by atoms with Crippen molar-refractivity contribution in [3.05, 3.63) is 29.8 Å². The fourth-order valence-electron chi connectivity index (χ4n) is 3.66. The Bertz CT molecular complexity index is 558. The van der Waals surface area contributed by atoms with Crippen LogP contribution in [-0.2, 0) is 9.47 Å². The molecule has 1 aromatic carbocycles. The lowest BCUT2D eigenvalue weighted by Crippen LogP contribution is -2.39. The van der Waals surface area contributed by atoms with Gasteiger partial charge >= 0.3 is 0 Å². The monoisotopic (exact) mass is 361 g/mol. The predicted molar refractivity (Wildman–Crippen MR) is 101 cm³/mol. The fraction of sp³-hybridized carbons (Fsp3) is 0.667. The van der Waals surface area contributed by atoms with Crippen molar-refractivity contribution < 1.29 is 19.0 Å². The average Bonchev–Trinajstić information content (AvgIpc) is 3.15. The van der Waals surface area contributed by atoms with E-state index < -0.39 is 0 Å². The summed E-state index contributed by atoms with van der Waals surface area (Å²) in [5.41, 5.74) is 0.676. The van der Waals surface area contributed by atoms with Crippen LogP contribution in [0.25, 0.3) is 0 Å². The number of carbonyl (C=O) groups excluding carboxylic acids is 1. The molecule has 1 N–H and O–H groups in total. The van der Waals surface area contributed by atoms with Crippen LogP contribution in [-0.4, -0.2) is 43.5 Å². The number of benzene rings is 1. The highest BCUT2D eigenvalue weighted by Crippen LogP contribution is 2.23. The number of hydrogen-bond acceptors (Lipinski definition) is 4. The molecular formula is C21H31NO4. The van der Waals surface area contributed by atoms with Crippen LogP contribution in [0.2, 0.25) is 0 Å². The fourth-order valence-corrected chi connectivity index (χ4v) is 3.66. The van der Waals surface area contributed by atoms with Crippen LogP contribution in [0.3, 0.4) is 0 Å². The third kappa shape index (κ3) is 5.71. The average molecular weight is 361 g/mol. The quantitative estimate of drug-likeness (QED) is 0.804. The maximum Gasteiger partial charge on any atom is 0.251 e. The standard InChI is InChI=1S/C21H31NO4/c1-15(2)26-19-11-7-17(8-12-19)22-21(23)16-5-9-18(10-6-16)25-14-20-4-3-13-24-20/h5-6,9-10,15,17,19-20H,3-4,7-8,11-14H2,1-2H3,(H,22,23). The van der Waals surface area contributed by atoms with E-state index in [4.69, 9.17) is 14.2 Å². The largest absolute Gasteiger partial charge is 0.491 e. The molecule has 2 fully saturated rings. The summed E-state index contributed by atoms with van der Waals surface area (Å²) in [6.07, 6.45) is 6.96. The van der Waals surface area contributed by atoms with Crippen molar-refractivity contribution in [1.29, 1.82) is 0 Å². The van der Waals surface area contributed by atoms with Crippen LogP contribution >= 0.6 is 0 Å². The maximum atomic E-state index is 12.4. The molecule has 1 aromatic rings. The van der Waals surface area contributed by atoms with Crippen LogP contribution in [0.15, 0.2) is 24.3 Å². The third-order valence-electron chi connectivity index (χ3n) is 5.05. The molecule has 1 saturated heterocycles. The Hall–Kier alpha value is -1.59. The van der Waals surface area contributed by atoms with Gasteiger partial charge in [0, 0.05) is 18.2 Å². The minimum atomic E-state index is -0.0103. The van der Waals surface area contributed by atoms with E-state index in [0.717, 1.165) is 50.9 Å². The first-order valence-electron chi connectivity index (χ1n) is 9.91. The summed E-state index contributed by atoms with van der Waals surface area (Å²) >= 11 is 0. The lowest BCUT2D eigenvalue weighted by Gasteiger charge is -2.30. The minimum absolute atomic E-state index is 0.0103. The zero-order chi connectivity index (χ0) is 18.4. The van der Waals surface area contributed by atoms with E-state index in [-0.39, 0.29) is 24.2 Å². The van der Waals surface area contributed by atoms with E-state index in [1.807, 2.05) is 24.3 Å². The first-order chi connectivity index (χ1) is 12.6. The van der Waals surface area contributed by atoms with E-state index in [0.29, 0.717) is 18.3 Å². The van der Waals surface area contributed by atoms with Gasteiger partial charge in [0.05, 0.1) is 18.3 Å². The lowest BCUT2D eigenvalue weighted by atomic mass is 9.92. The molecule has 1 unspecified atom stereocenters. The highest BCUT2D eigenvalue weighted by molar-refractivity contribution is 5.94. The van der Waals surface area contributed by atoms with Gasteiger partial charge in [0.25, 0.3) is 5.91 Å². The van der Waals surface area contributed by atoms with Gasteiger partial charge in [-0.15, -0.1) is 0 Å². The van der Waals surface area contributed by atoms with Gasteiger partial charge < -0.3 is 19.5 Å². The second-order valence-electron chi connectivity index (χ2n) is 7.60. The van der Waals surface area contributed by atoms with Gasteiger partial charge in [-0.05, 0) is 76.6 Å². The molecule has 144 valence electrons. The normalized spacial score (nSPS) is 26.0. The molecule has 0 radical (unpaired) electrons. The van der Waals surface area contributed by atoms with Crippen molar-refractivity contribution in [3.63, 3.8) is 0 Å². The van der Waals surface area contributed by atoms with E-state index in [2.05, 4.69) is 19.2 Å². The molecule has 1 atom stereocenters. The van der Waals surface area contributed by atoms with E-state index in [1.54, 1.807) is 0 Å². The molecule has 0 bridgehead atoms. The number of ether oxygens (including phenoxy) is 3. The molecule has 5 nitrogen and oxygen atoms in total. The van der Waals surface area contributed by atoms with Gasteiger partial charge in [-0.3, -0.25) is 4.79 Å². The van der Waals surface area contributed by atoms with Crippen LogP contribution in [0.5, 0.6) is 5.75 Å². The summed E-state index contributed by atoms with van der Waals surface area (Å²) in [4.78, 5) is 12.4. The smallest absolute Gasteiger partial charge is 0.251 e. The van der Waals surface area contributed by atoms with E-state index >= 15 is 0 Å². The molecule has 0 spiro atoms. The van der Waals surface area contributed by atoms with Gasteiger partial charge in [-0.2, -0.15) is 0 Å². The molecule has 5 heteroatoms. The summed E-state index contributed by atoms with van der Waals surface area (Å²) in [5.74, 6) is 0.771. The zero-order valence-electron chi connectivity index (χ0n) is 15.9. The third-order valence-corrected chi connectivity index (χ3v) is 5.05. The van der Waals surface area contributed by atoms with Crippen molar-refractivity contribution in [1.82, 2.24) is 5.32 Å². The summed E-state index contributed by atoms with van der Waals surface area (Å²) in [5, 5.41) is 3.15. The van der Waals surface area contributed by atoms with E-state index in [9.17, 15) is 4.79 Å². The molecular weight excluding hydrogens is 330 g/mol. The first-order valence-corrected chi connectivity index (χ1v) is 9.91. The molecule has 1 saturated carbocycles. The maximum absolute atomic E-state index is 12.4. The number of hydrogen-bond donors (Lipinski definition) is 1. The summed E-state index contributed by atoms with van der Waals surface area (Å²) < 4.78 is 17.2. The molecule has 0 aromatic heterocycles. The molecule has 2 aliphatic rings. The molecule has 1 heterocycles. The SMILES string of the molecule is CC(C)OC1CCC(NC(=O)c2ccc(OCC3CCCO3)cc2)CC1. The lowest BCUT2D eigenvalue weighted by molar-refractivity contribution is -0.0159. The van der Waals surface area contributed by atoms with Crippen molar-refractivity contribution in [2.45, 2.75) is 76.7 Å². The molecule has 3 rings (SSSR count). The van der Waals surface area contributed by atoms with Gasteiger partial charge in [0.15, 0.2) is 0 Å². The second kappa shape index (κ2) is 9.38. The van der Waals surface area contributed by atoms with Crippen molar-refractivity contribution in [2.24, 2.45) is 0 Å². The van der Waals surface area contributed by atoms with Gasteiger partial charge in [-0.25, -0.2) is 0 Å². The molecule has 1 amide bonds. The minimum Gasteiger partial charge on any atom is -0.491 e. The molecule has 1 aliphatic carbocycles. The summed E-state index contributed by atoms with van der Waals surface area (Å²) in [6, 6.07) is 7.61. The number of nitrogens with one attached hydrogen (secondary N) is 1. The van der Waals surface area contributed by atoms with Crippen LogP contribution in [0, 0.1) is 0 Å². The van der Waals surface area contributed by atoms with Crippen molar-refractivity contribution in [2.75, 3.05) is 13.2 Å². The van der Waals surface area contributed by atoms with E-state index in [1.165, 1.54) is 0 Å². The van der Waals surface area contributed by atoms with Crippen molar-refractivity contribution >= 4 is 5.91 Å². The van der Waals surface area contributed by atoms with Gasteiger partial charge in [0.1, 0.15) is 12.4 Å². The topological polar surface area (TPSA) is 56.8 Å². The second-order valence-corrected chi connectivity index (χ2v) is 7.60. The Morgan fingerprint density at radius 1 is 1.15 bits per heavy atom. The van der Waals surface area contributed by atoms with Gasteiger partial charge in [-0.1, -0.05) is 0 Å². The number of amides is 1. The number of rotatable bonds is 7. The number of carbonyl (C=O) groups is 1. The van der Waals surface area contributed by atoms with Crippen LogP contribution in [0.1, 0.15) is 62.7 Å². The first kappa shape index (κ1) is 19.2. The van der Waals surface area contributed by atoms with Crippen LogP contribution < -0.4 is 10.1 Å². The van der Waals surface area contributed by atoms with Crippen LogP contribution in [0.4, 0.5) is 0 Å². The van der Waals surface area contributed by atoms with Crippen molar-refractivity contribution in [3.8, 4) is 5.75 Å².